The molecule has 5 rings (SSSR count). The number of aromatic hydroxyl groups is 1. The summed E-state index contributed by atoms with van der Waals surface area (Å²) in [5.41, 5.74) is 3.21. The molecule has 0 amide bonds. The fraction of sp³-hybridized carbons (Fsp3) is 0.387. The van der Waals surface area contributed by atoms with E-state index in [0.29, 0.717) is 10.9 Å². The number of aryl methyl sites for hydroxylation is 1. The lowest BCUT2D eigenvalue weighted by Crippen LogP contribution is -2.48. The molecule has 9 nitrogen and oxygen atoms in total. The molecule has 0 atom stereocenters. The number of aromatic nitrogens is 4. The summed E-state index contributed by atoms with van der Waals surface area (Å²) in [5, 5.41) is 21.3. The number of nitrogens with one attached hydrogen (secondary N) is 2. The Kier molecular flexibility index (Phi) is 10.3. The summed E-state index contributed by atoms with van der Waals surface area (Å²) >= 11 is 3.33. The molecule has 1 aliphatic heterocycles. The van der Waals surface area contributed by atoms with Gasteiger partial charge in [-0.25, -0.2) is 9.97 Å². The van der Waals surface area contributed by atoms with E-state index in [1.807, 2.05) is 31.2 Å². The summed E-state index contributed by atoms with van der Waals surface area (Å²) < 4.78 is 0. The first-order valence-electron chi connectivity index (χ1n) is 14.4. The lowest BCUT2D eigenvalue weighted by atomic mass is 10.2. The molecule has 0 unspecified atom stereocenters. The van der Waals surface area contributed by atoms with Crippen molar-refractivity contribution in [2.45, 2.75) is 41.0 Å². The third-order valence-corrected chi connectivity index (χ3v) is 9.11. The Morgan fingerprint density at radius 2 is 1.76 bits per heavy atom. The van der Waals surface area contributed by atoms with Gasteiger partial charge >= 0.3 is 0 Å². The van der Waals surface area contributed by atoms with Crippen LogP contribution in [0.5, 0.6) is 5.75 Å². The second kappa shape index (κ2) is 14.3. The van der Waals surface area contributed by atoms with Gasteiger partial charge in [0.1, 0.15) is 17.4 Å². The van der Waals surface area contributed by atoms with E-state index >= 15 is 0 Å². The molecule has 0 bridgehead atoms. The van der Waals surface area contributed by atoms with Crippen molar-refractivity contribution >= 4 is 41.0 Å². The number of rotatable bonds is 12. The van der Waals surface area contributed by atoms with Crippen molar-refractivity contribution in [2.75, 3.05) is 63.6 Å². The molecule has 0 spiro atoms. The average molecular weight is 605 g/mol. The Morgan fingerprint density at radius 3 is 2.43 bits per heavy atom. The van der Waals surface area contributed by atoms with E-state index in [9.17, 15) is 5.11 Å². The van der Waals surface area contributed by atoms with Crippen molar-refractivity contribution in [2.24, 2.45) is 0 Å². The predicted molar refractivity (Wildman–Crippen MR) is 173 cm³/mol. The molecule has 42 heavy (non-hydrogen) atoms. The molecule has 0 saturated carbocycles. The molecule has 2 aromatic heterocycles. The number of nitrogens with zero attached hydrogens (tertiary/aromatic N) is 6. The highest BCUT2D eigenvalue weighted by Crippen LogP contribution is 2.34. The second-order valence-corrected chi connectivity index (χ2v) is 12.8. The Labute approximate surface area is 257 Å². The molecule has 3 N–H and O–H groups in total. The fourth-order valence-corrected chi connectivity index (χ4v) is 6.43. The third-order valence-electron chi connectivity index (χ3n) is 7.15. The van der Waals surface area contributed by atoms with Crippen molar-refractivity contribution in [3.8, 4) is 5.75 Å². The van der Waals surface area contributed by atoms with E-state index in [2.05, 4.69) is 75.5 Å². The van der Waals surface area contributed by atoms with Crippen LogP contribution in [-0.4, -0.2) is 88.4 Å². The number of benzene rings is 2. The Balaban J connectivity index is 1.34. The van der Waals surface area contributed by atoms with E-state index in [0.717, 1.165) is 90.6 Å². The molecule has 4 aromatic rings. The quantitative estimate of drug-likeness (QED) is 0.139. The molecule has 1 aliphatic rings. The van der Waals surface area contributed by atoms with Crippen LogP contribution in [0.2, 0.25) is 0 Å². The van der Waals surface area contributed by atoms with Crippen LogP contribution >= 0.6 is 23.5 Å². The fourth-order valence-electron chi connectivity index (χ4n) is 4.84. The summed E-state index contributed by atoms with van der Waals surface area (Å²) in [6.45, 7) is 10.2. The van der Waals surface area contributed by atoms with Crippen LogP contribution in [0.1, 0.15) is 23.7 Å². The van der Waals surface area contributed by atoms with Crippen molar-refractivity contribution in [3.05, 3.63) is 71.4 Å². The number of hydrogen-bond donors (Lipinski definition) is 3. The standard InChI is InChI=1S/C31H40N8OS2/c1-5-27-29(32-28-19-22(2)35-36-28)33-31(34-30(27)39-17-15-38(16-18-39)14-13-37(3)4)42-26-11-9-25(10-12-26)41-21-23-7-6-8-24(40)20-23/h6-12,19-20,40H,5,13-18,21H2,1-4H3,(H2,32,33,34,35,36). The van der Waals surface area contributed by atoms with Gasteiger partial charge in [-0.05, 0) is 81.2 Å². The topological polar surface area (TPSA) is 96.4 Å². The van der Waals surface area contributed by atoms with E-state index in [1.165, 1.54) is 4.90 Å². The number of phenolic OH excluding ortho intramolecular Hbond substituents is 1. The number of anilines is 3. The molecule has 2 aromatic carbocycles. The van der Waals surface area contributed by atoms with Crippen LogP contribution in [0, 0.1) is 6.92 Å². The van der Waals surface area contributed by atoms with E-state index < -0.39 is 0 Å². The molecule has 11 heteroatoms. The van der Waals surface area contributed by atoms with Gasteiger partial charge in [0.15, 0.2) is 11.0 Å². The Bertz CT molecular complexity index is 1450. The molecule has 3 heterocycles. The van der Waals surface area contributed by atoms with Gasteiger partial charge in [-0.1, -0.05) is 19.1 Å². The Morgan fingerprint density at radius 1 is 1.00 bits per heavy atom. The molecule has 1 fully saturated rings. The van der Waals surface area contributed by atoms with Crippen LogP contribution in [0.3, 0.4) is 0 Å². The molecule has 222 valence electrons. The van der Waals surface area contributed by atoms with Crippen molar-refractivity contribution in [3.63, 3.8) is 0 Å². The smallest absolute Gasteiger partial charge is 0.196 e. The van der Waals surface area contributed by atoms with Crippen LogP contribution in [0.4, 0.5) is 17.5 Å². The van der Waals surface area contributed by atoms with Crippen LogP contribution in [0.25, 0.3) is 0 Å². The zero-order valence-corrected chi connectivity index (χ0v) is 26.4. The molecular weight excluding hydrogens is 565 g/mol. The maximum Gasteiger partial charge on any atom is 0.196 e. The van der Waals surface area contributed by atoms with Gasteiger partial charge in [0.05, 0.1) is 0 Å². The average Bonchev–Trinajstić information content (AvgIpc) is 3.40. The minimum atomic E-state index is 0.302. The number of thioether (sulfide) groups is 1. The molecule has 1 saturated heterocycles. The van der Waals surface area contributed by atoms with Crippen molar-refractivity contribution in [1.29, 1.82) is 0 Å². The first kappa shape index (κ1) is 30.2. The number of phenols is 1. The van der Waals surface area contributed by atoms with E-state index in [4.69, 9.17) is 9.97 Å². The van der Waals surface area contributed by atoms with E-state index in [1.54, 1.807) is 29.6 Å². The number of piperazine rings is 1. The number of aromatic amines is 1. The van der Waals surface area contributed by atoms with Gasteiger partial charge in [0.2, 0.25) is 0 Å². The largest absolute Gasteiger partial charge is 0.508 e. The summed E-state index contributed by atoms with van der Waals surface area (Å²) in [4.78, 5) is 19.6. The van der Waals surface area contributed by atoms with Crippen molar-refractivity contribution in [1.82, 2.24) is 30.0 Å². The van der Waals surface area contributed by atoms with Gasteiger partial charge in [-0.3, -0.25) is 10.00 Å². The van der Waals surface area contributed by atoms with Gasteiger partial charge in [-0.2, -0.15) is 5.10 Å². The first-order valence-corrected chi connectivity index (χ1v) is 16.2. The minimum Gasteiger partial charge on any atom is -0.508 e. The first-order chi connectivity index (χ1) is 20.4. The van der Waals surface area contributed by atoms with Gasteiger partial charge in [0.25, 0.3) is 0 Å². The van der Waals surface area contributed by atoms with Crippen LogP contribution in [0.15, 0.2) is 69.5 Å². The third kappa shape index (κ3) is 8.19. The SMILES string of the molecule is CCc1c(Nc2cc(C)[nH]n2)nc(Sc2ccc(SCc3cccc(O)c3)cc2)nc1N1CCN(CCN(C)C)CC1. The molecule has 0 aliphatic carbocycles. The van der Waals surface area contributed by atoms with Gasteiger partial charge in [0, 0.05) is 72.1 Å². The number of likely N-dealkylation sites (N-methyl/N-ethyl adjacent to an activating group) is 1. The summed E-state index contributed by atoms with van der Waals surface area (Å²) in [6.07, 6.45) is 0.817. The highest BCUT2D eigenvalue weighted by atomic mass is 32.2. The highest BCUT2D eigenvalue weighted by Gasteiger charge is 2.24. The lowest BCUT2D eigenvalue weighted by Gasteiger charge is -2.37. The summed E-state index contributed by atoms with van der Waals surface area (Å²) in [7, 11) is 4.26. The maximum absolute atomic E-state index is 9.74. The van der Waals surface area contributed by atoms with Crippen LogP contribution in [-0.2, 0) is 12.2 Å². The maximum atomic E-state index is 9.74. The van der Waals surface area contributed by atoms with Gasteiger partial charge < -0.3 is 20.2 Å². The monoisotopic (exact) mass is 604 g/mol. The Hall–Kier alpha value is -3.25. The molecular formula is C31H40N8OS2. The van der Waals surface area contributed by atoms with Crippen molar-refractivity contribution < 1.29 is 5.11 Å². The summed E-state index contributed by atoms with van der Waals surface area (Å²) in [5.74, 6) is 3.68. The number of hydrogen-bond acceptors (Lipinski definition) is 10. The van der Waals surface area contributed by atoms with Gasteiger partial charge in [-0.15, -0.1) is 11.8 Å². The van der Waals surface area contributed by atoms with E-state index in [-0.39, 0.29) is 0 Å². The lowest BCUT2D eigenvalue weighted by molar-refractivity contribution is 0.229. The van der Waals surface area contributed by atoms with Crippen LogP contribution < -0.4 is 10.2 Å². The summed E-state index contributed by atoms with van der Waals surface area (Å²) in [6, 6.07) is 17.9. The zero-order valence-electron chi connectivity index (χ0n) is 24.8. The number of H-pyrrole nitrogens is 1. The molecule has 0 radical (unpaired) electrons. The predicted octanol–water partition coefficient (Wildman–Crippen LogP) is 5.65. The highest BCUT2D eigenvalue weighted by molar-refractivity contribution is 7.99. The normalized spacial score (nSPS) is 14.1. The second-order valence-electron chi connectivity index (χ2n) is 10.7. The minimum absolute atomic E-state index is 0.302. The zero-order chi connectivity index (χ0) is 29.5.